The molecule has 3 rings (SSSR count). The molecule has 1 heterocycles. The third-order valence-electron chi connectivity index (χ3n) is 4.06. The first-order valence-corrected chi connectivity index (χ1v) is 8.90. The second kappa shape index (κ2) is 8.94. The van der Waals surface area contributed by atoms with E-state index in [9.17, 15) is 20.2 Å². The molecule has 0 bridgehead atoms. The molecular weight excluding hydrogens is 410 g/mol. The van der Waals surface area contributed by atoms with Crippen LogP contribution in [-0.2, 0) is 4.79 Å². The van der Waals surface area contributed by atoms with E-state index in [0.717, 1.165) is 0 Å². The van der Waals surface area contributed by atoms with E-state index in [4.69, 9.17) is 20.8 Å². The molecule has 0 fully saturated rings. The smallest absolute Gasteiger partial charge is 0.270 e. The lowest BCUT2D eigenvalue weighted by Crippen LogP contribution is -2.13. The fraction of sp³-hybridized carbons (Fsp3) is 0.0476. The predicted octanol–water partition coefficient (Wildman–Crippen LogP) is 5.06. The Bertz CT molecular complexity index is 1180. The molecule has 150 valence electrons. The molecule has 9 heteroatoms. The maximum Gasteiger partial charge on any atom is 0.270 e. The molecule has 3 aromatic rings. The Morgan fingerprint density at radius 3 is 2.57 bits per heavy atom. The number of non-ortho nitro benzene ring substituents is 1. The van der Waals surface area contributed by atoms with Crippen LogP contribution in [0.4, 0.5) is 11.4 Å². The number of halogens is 1. The molecule has 0 aliphatic heterocycles. The normalized spacial score (nSPS) is 10.9. The monoisotopic (exact) mass is 423 g/mol. The second-order valence-electron chi connectivity index (χ2n) is 5.98. The number of benzene rings is 2. The topological polar surface area (TPSA) is 118 Å². The fourth-order valence-electron chi connectivity index (χ4n) is 2.56. The third kappa shape index (κ3) is 4.66. The molecule has 8 nitrogen and oxygen atoms in total. The van der Waals surface area contributed by atoms with Gasteiger partial charge in [-0.25, -0.2) is 0 Å². The van der Waals surface area contributed by atoms with Crippen LogP contribution in [0.3, 0.4) is 0 Å². The minimum absolute atomic E-state index is 0.141. The van der Waals surface area contributed by atoms with E-state index in [1.54, 1.807) is 36.4 Å². The molecule has 0 saturated heterocycles. The van der Waals surface area contributed by atoms with Gasteiger partial charge in [-0.1, -0.05) is 11.6 Å². The van der Waals surface area contributed by atoms with Crippen LogP contribution in [-0.4, -0.2) is 17.9 Å². The Balaban J connectivity index is 1.80. The summed E-state index contributed by atoms with van der Waals surface area (Å²) in [6.45, 7) is 0. The second-order valence-corrected chi connectivity index (χ2v) is 6.38. The van der Waals surface area contributed by atoms with Gasteiger partial charge in [0.1, 0.15) is 28.9 Å². The van der Waals surface area contributed by atoms with Crippen LogP contribution in [0.1, 0.15) is 5.76 Å². The Labute approximate surface area is 176 Å². The Morgan fingerprint density at radius 2 is 1.97 bits per heavy atom. The van der Waals surface area contributed by atoms with Crippen molar-refractivity contribution in [3.05, 3.63) is 81.1 Å². The van der Waals surface area contributed by atoms with Crippen LogP contribution in [0, 0.1) is 21.4 Å². The highest BCUT2D eigenvalue weighted by Gasteiger charge is 2.15. The zero-order valence-electron chi connectivity index (χ0n) is 15.6. The fourth-order valence-corrected chi connectivity index (χ4v) is 2.82. The van der Waals surface area contributed by atoms with Crippen molar-refractivity contribution in [1.82, 2.24) is 0 Å². The van der Waals surface area contributed by atoms with Gasteiger partial charge in [0.05, 0.1) is 17.1 Å². The number of hydrogen-bond acceptors (Lipinski definition) is 6. The molecule has 0 spiro atoms. The van der Waals surface area contributed by atoms with E-state index in [2.05, 4.69) is 5.32 Å². The summed E-state index contributed by atoms with van der Waals surface area (Å²) in [6.07, 6.45) is 1.29. The minimum atomic E-state index is -0.603. The molecule has 0 radical (unpaired) electrons. The van der Waals surface area contributed by atoms with Gasteiger partial charge < -0.3 is 14.5 Å². The number of nitrogens with one attached hydrogen (secondary N) is 1. The number of nitrogens with zero attached hydrogens (tertiary/aromatic N) is 2. The molecule has 1 N–H and O–H groups in total. The first kappa shape index (κ1) is 20.6. The summed E-state index contributed by atoms with van der Waals surface area (Å²) in [5.41, 5.74) is 0.641. The van der Waals surface area contributed by atoms with Gasteiger partial charge in [-0.2, -0.15) is 5.26 Å². The summed E-state index contributed by atoms with van der Waals surface area (Å²) in [6, 6.07) is 15.6. The number of nitro benzene ring substituents is 1. The lowest BCUT2D eigenvalue weighted by atomic mass is 10.1. The van der Waals surface area contributed by atoms with Crippen molar-refractivity contribution < 1.29 is 18.9 Å². The van der Waals surface area contributed by atoms with Crippen LogP contribution < -0.4 is 10.1 Å². The summed E-state index contributed by atoms with van der Waals surface area (Å²) in [5, 5.41) is 22.9. The van der Waals surface area contributed by atoms with Crippen molar-refractivity contribution in [1.29, 1.82) is 5.26 Å². The van der Waals surface area contributed by atoms with E-state index < -0.39 is 10.8 Å². The number of nitro groups is 1. The van der Waals surface area contributed by atoms with Crippen LogP contribution in [0.2, 0.25) is 5.02 Å². The lowest BCUT2D eigenvalue weighted by molar-refractivity contribution is -0.384. The average Bonchev–Trinajstić information content (AvgIpc) is 3.20. The summed E-state index contributed by atoms with van der Waals surface area (Å²) in [4.78, 5) is 22.7. The zero-order valence-corrected chi connectivity index (χ0v) is 16.3. The number of furan rings is 1. The molecule has 0 aliphatic carbocycles. The maximum absolute atomic E-state index is 12.4. The number of amides is 1. The highest BCUT2D eigenvalue weighted by molar-refractivity contribution is 6.33. The molecule has 0 unspecified atom stereocenters. The number of carbonyl (C=O) groups is 1. The summed E-state index contributed by atoms with van der Waals surface area (Å²) >= 11 is 6.11. The number of nitriles is 1. The van der Waals surface area contributed by atoms with Crippen LogP contribution in [0.25, 0.3) is 17.4 Å². The van der Waals surface area contributed by atoms with Crippen LogP contribution in [0.15, 0.2) is 64.6 Å². The quantitative estimate of drug-likeness (QED) is 0.256. The molecule has 1 amide bonds. The molecule has 0 saturated carbocycles. The zero-order chi connectivity index (χ0) is 21.7. The number of anilines is 1. The number of ether oxygens (including phenoxy) is 1. The Morgan fingerprint density at radius 1 is 1.23 bits per heavy atom. The molecule has 2 aromatic carbocycles. The van der Waals surface area contributed by atoms with E-state index in [0.29, 0.717) is 22.8 Å². The summed E-state index contributed by atoms with van der Waals surface area (Å²) in [7, 11) is 1.53. The Kier molecular flexibility index (Phi) is 6.15. The average molecular weight is 424 g/mol. The summed E-state index contributed by atoms with van der Waals surface area (Å²) in [5.74, 6) is 0.626. The Hall–Kier alpha value is -4.09. The van der Waals surface area contributed by atoms with Gasteiger partial charge in [-0.3, -0.25) is 14.9 Å². The van der Waals surface area contributed by atoms with Crippen molar-refractivity contribution in [2.45, 2.75) is 0 Å². The van der Waals surface area contributed by atoms with Gasteiger partial charge in [0.25, 0.3) is 11.6 Å². The van der Waals surface area contributed by atoms with E-state index >= 15 is 0 Å². The molecule has 1 aromatic heterocycles. The van der Waals surface area contributed by atoms with Gasteiger partial charge in [-0.05, 0) is 42.5 Å². The number of carbonyl (C=O) groups excluding carboxylic acids is 1. The van der Waals surface area contributed by atoms with Crippen molar-refractivity contribution in [3.8, 4) is 23.1 Å². The first-order valence-electron chi connectivity index (χ1n) is 8.52. The van der Waals surface area contributed by atoms with E-state index in [1.165, 1.54) is 31.4 Å². The van der Waals surface area contributed by atoms with Crippen molar-refractivity contribution in [2.75, 3.05) is 12.4 Å². The van der Waals surface area contributed by atoms with Gasteiger partial charge in [0.15, 0.2) is 0 Å². The molecule has 30 heavy (non-hydrogen) atoms. The SMILES string of the molecule is COc1ccc(NC(=O)/C(C#N)=C\c2ccc(-c3ccc([N+](=O)[O-])cc3Cl)o2)cc1. The minimum Gasteiger partial charge on any atom is -0.497 e. The molecule has 0 aliphatic rings. The van der Waals surface area contributed by atoms with E-state index in [-0.39, 0.29) is 22.0 Å². The van der Waals surface area contributed by atoms with Crippen molar-refractivity contribution >= 4 is 35.0 Å². The van der Waals surface area contributed by atoms with Gasteiger partial charge >= 0.3 is 0 Å². The maximum atomic E-state index is 12.4. The van der Waals surface area contributed by atoms with Crippen molar-refractivity contribution in [3.63, 3.8) is 0 Å². The lowest BCUT2D eigenvalue weighted by Gasteiger charge is -2.05. The van der Waals surface area contributed by atoms with Gasteiger partial charge in [0.2, 0.25) is 0 Å². The van der Waals surface area contributed by atoms with Gasteiger partial charge in [-0.15, -0.1) is 0 Å². The largest absolute Gasteiger partial charge is 0.497 e. The highest BCUT2D eigenvalue weighted by atomic mass is 35.5. The molecular formula is C21H14ClN3O5. The third-order valence-corrected chi connectivity index (χ3v) is 4.37. The van der Waals surface area contributed by atoms with E-state index in [1.807, 2.05) is 6.07 Å². The van der Waals surface area contributed by atoms with Crippen LogP contribution in [0.5, 0.6) is 5.75 Å². The number of methoxy groups -OCH3 is 1. The van der Waals surface area contributed by atoms with Crippen molar-refractivity contribution in [2.24, 2.45) is 0 Å². The predicted molar refractivity (Wildman–Crippen MR) is 111 cm³/mol. The first-order chi connectivity index (χ1) is 14.4. The standard InChI is InChI=1S/C21H14ClN3O5/c1-29-16-5-2-14(3-6-16)24-21(26)13(12-23)10-17-7-9-20(30-17)18-8-4-15(25(27)28)11-19(18)22/h2-11H,1H3,(H,24,26)/b13-10-. The highest BCUT2D eigenvalue weighted by Crippen LogP contribution is 2.32. The molecule has 0 atom stereocenters. The van der Waals surface area contributed by atoms with Gasteiger partial charge in [0, 0.05) is 29.5 Å². The number of hydrogen-bond donors (Lipinski definition) is 1. The summed E-state index contributed by atoms with van der Waals surface area (Å²) < 4.78 is 10.7. The van der Waals surface area contributed by atoms with Crippen LogP contribution >= 0.6 is 11.6 Å². The number of rotatable bonds is 6.